The van der Waals surface area contributed by atoms with E-state index in [-0.39, 0.29) is 4.90 Å². The fourth-order valence-corrected chi connectivity index (χ4v) is 3.05. The summed E-state index contributed by atoms with van der Waals surface area (Å²) in [5, 5.41) is 0. The third kappa shape index (κ3) is 2.91. The molecule has 0 bridgehead atoms. The summed E-state index contributed by atoms with van der Waals surface area (Å²) in [5.41, 5.74) is 7.77. The second-order valence-corrected chi connectivity index (χ2v) is 6.26. The standard InChI is InChI=1S/C14H15FN2O2S/c1-9-3-6-12(15)14(7-9)20(18,19)17-13-8-11(16)5-4-10(13)2/h3-8,17H,16H2,1-2H3. The molecule has 2 rings (SSSR count). The van der Waals surface area contributed by atoms with Gasteiger partial charge >= 0.3 is 0 Å². The molecule has 0 spiro atoms. The normalized spacial score (nSPS) is 11.3. The summed E-state index contributed by atoms with van der Waals surface area (Å²) in [6.45, 7) is 3.44. The predicted octanol–water partition coefficient (Wildman–Crippen LogP) is 2.83. The van der Waals surface area contributed by atoms with E-state index in [1.165, 1.54) is 18.2 Å². The van der Waals surface area contributed by atoms with E-state index in [1.807, 2.05) is 0 Å². The third-order valence-electron chi connectivity index (χ3n) is 2.88. The van der Waals surface area contributed by atoms with Gasteiger partial charge in [-0.2, -0.15) is 0 Å². The molecule has 106 valence electrons. The van der Waals surface area contributed by atoms with Gasteiger partial charge in [-0.1, -0.05) is 12.1 Å². The minimum Gasteiger partial charge on any atom is -0.399 e. The molecule has 4 nitrogen and oxygen atoms in total. The van der Waals surface area contributed by atoms with Crippen LogP contribution in [0.15, 0.2) is 41.3 Å². The van der Waals surface area contributed by atoms with Gasteiger partial charge in [-0.25, -0.2) is 12.8 Å². The van der Waals surface area contributed by atoms with Crippen molar-refractivity contribution < 1.29 is 12.8 Å². The van der Waals surface area contributed by atoms with Crippen LogP contribution in [0.1, 0.15) is 11.1 Å². The maximum absolute atomic E-state index is 13.7. The quantitative estimate of drug-likeness (QED) is 0.855. The molecule has 3 N–H and O–H groups in total. The highest BCUT2D eigenvalue weighted by Crippen LogP contribution is 2.24. The largest absolute Gasteiger partial charge is 0.399 e. The van der Waals surface area contributed by atoms with E-state index >= 15 is 0 Å². The summed E-state index contributed by atoms with van der Waals surface area (Å²) in [6, 6.07) is 8.80. The zero-order valence-corrected chi connectivity index (χ0v) is 12.0. The smallest absolute Gasteiger partial charge is 0.264 e. The molecular formula is C14H15FN2O2S. The van der Waals surface area contributed by atoms with Crippen molar-refractivity contribution in [3.05, 3.63) is 53.3 Å². The maximum Gasteiger partial charge on any atom is 0.264 e. The van der Waals surface area contributed by atoms with Crippen LogP contribution in [0.4, 0.5) is 15.8 Å². The summed E-state index contributed by atoms with van der Waals surface area (Å²) in [7, 11) is -3.99. The highest BCUT2D eigenvalue weighted by Gasteiger charge is 2.20. The van der Waals surface area contributed by atoms with Crippen LogP contribution in [-0.4, -0.2) is 8.42 Å². The second kappa shape index (κ2) is 5.13. The number of nitrogen functional groups attached to an aromatic ring is 1. The van der Waals surface area contributed by atoms with Gasteiger partial charge < -0.3 is 5.73 Å². The number of benzene rings is 2. The Hall–Kier alpha value is -2.08. The first-order chi connectivity index (χ1) is 9.29. The highest BCUT2D eigenvalue weighted by atomic mass is 32.2. The van der Waals surface area contributed by atoms with Crippen LogP contribution in [0.2, 0.25) is 0 Å². The van der Waals surface area contributed by atoms with Crippen molar-refractivity contribution in [1.82, 2.24) is 0 Å². The van der Waals surface area contributed by atoms with Gasteiger partial charge in [0, 0.05) is 5.69 Å². The Kier molecular flexibility index (Phi) is 3.67. The number of rotatable bonds is 3. The average molecular weight is 294 g/mol. The van der Waals surface area contributed by atoms with E-state index in [0.717, 1.165) is 6.07 Å². The monoisotopic (exact) mass is 294 g/mol. The third-order valence-corrected chi connectivity index (χ3v) is 4.26. The zero-order chi connectivity index (χ0) is 14.9. The Bertz CT molecular complexity index is 758. The van der Waals surface area contributed by atoms with E-state index in [9.17, 15) is 12.8 Å². The molecule has 2 aromatic carbocycles. The van der Waals surface area contributed by atoms with Gasteiger partial charge in [0.05, 0.1) is 5.69 Å². The van der Waals surface area contributed by atoms with Gasteiger partial charge in [0.2, 0.25) is 0 Å². The molecule has 0 fully saturated rings. The van der Waals surface area contributed by atoms with Gasteiger partial charge in [-0.15, -0.1) is 0 Å². The Morgan fingerprint density at radius 3 is 2.50 bits per heavy atom. The Labute approximate surface area is 117 Å². The van der Waals surface area contributed by atoms with Crippen molar-refractivity contribution in [3.63, 3.8) is 0 Å². The van der Waals surface area contributed by atoms with Gasteiger partial charge in [-0.05, 0) is 49.2 Å². The maximum atomic E-state index is 13.7. The highest BCUT2D eigenvalue weighted by molar-refractivity contribution is 7.92. The van der Waals surface area contributed by atoms with Crippen LogP contribution < -0.4 is 10.5 Å². The number of nitrogens with one attached hydrogen (secondary N) is 1. The lowest BCUT2D eigenvalue weighted by Crippen LogP contribution is -2.15. The van der Waals surface area contributed by atoms with E-state index in [2.05, 4.69) is 4.72 Å². The summed E-state index contributed by atoms with van der Waals surface area (Å²) < 4.78 is 40.6. The lowest BCUT2D eigenvalue weighted by molar-refractivity contribution is 0.570. The van der Waals surface area contributed by atoms with E-state index in [1.54, 1.807) is 26.0 Å². The number of sulfonamides is 1. The summed E-state index contributed by atoms with van der Waals surface area (Å²) in [6.07, 6.45) is 0. The summed E-state index contributed by atoms with van der Waals surface area (Å²) in [5.74, 6) is -0.787. The molecule has 0 saturated carbocycles. The van der Waals surface area contributed by atoms with Crippen molar-refractivity contribution in [3.8, 4) is 0 Å². The van der Waals surface area contributed by atoms with Crippen molar-refractivity contribution in [2.45, 2.75) is 18.7 Å². The van der Waals surface area contributed by atoms with Crippen LogP contribution in [0.5, 0.6) is 0 Å². The lowest BCUT2D eigenvalue weighted by atomic mass is 10.2. The molecule has 2 aromatic rings. The van der Waals surface area contributed by atoms with Crippen LogP contribution in [0.25, 0.3) is 0 Å². The number of hydrogen-bond donors (Lipinski definition) is 2. The van der Waals surface area contributed by atoms with Gasteiger partial charge in [-0.3, -0.25) is 4.72 Å². The first kappa shape index (κ1) is 14.3. The van der Waals surface area contributed by atoms with Crippen molar-refractivity contribution >= 4 is 21.4 Å². The topological polar surface area (TPSA) is 72.2 Å². The fraction of sp³-hybridized carbons (Fsp3) is 0.143. The average Bonchev–Trinajstić information content (AvgIpc) is 2.36. The van der Waals surface area contributed by atoms with E-state index < -0.39 is 15.8 Å². The first-order valence-corrected chi connectivity index (χ1v) is 7.43. The number of aryl methyl sites for hydroxylation is 2. The van der Waals surface area contributed by atoms with Crippen molar-refractivity contribution in [1.29, 1.82) is 0 Å². The van der Waals surface area contributed by atoms with E-state index in [4.69, 9.17) is 5.73 Å². The first-order valence-electron chi connectivity index (χ1n) is 5.95. The number of anilines is 2. The molecule has 0 amide bonds. The number of halogens is 1. The van der Waals surface area contributed by atoms with Crippen LogP contribution >= 0.6 is 0 Å². The van der Waals surface area contributed by atoms with Crippen LogP contribution in [-0.2, 0) is 10.0 Å². The number of hydrogen-bond acceptors (Lipinski definition) is 3. The Morgan fingerprint density at radius 1 is 1.10 bits per heavy atom. The zero-order valence-electron chi connectivity index (χ0n) is 11.1. The van der Waals surface area contributed by atoms with Gasteiger partial charge in [0.15, 0.2) is 0 Å². The fourth-order valence-electron chi connectivity index (χ4n) is 1.77. The second-order valence-electron chi connectivity index (χ2n) is 4.61. The molecule has 0 aromatic heterocycles. The van der Waals surface area contributed by atoms with Crippen molar-refractivity contribution in [2.24, 2.45) is 0 Å². The predicted molar refractivity (Wildman–Crippen MR) is 77.5 cm³/mol. The van der Waals surface area contributed by atoms with Gasteiger partial charge in [0.25, 0.3) is 10.0 Å². The molecule has 0 aliphatic heterocycles. The Morgan fingerprint density at radius 2 is 1.80 bits per heavy atom. The van der Waals surface area contributed by atoms with Gasteiger partial charge in [0.1, 0.15) is 10.7 Å². The summed E-state index contributed by atoms with van der Waals surface area (Å²) >= 11 is 0. The molecular weight excluding hydrogens is 279 g/mol. The number of nitrogens with two attached hydrogens (primary N) is 1. The van der Waals surface area contributed by atoms with Crippen LogP contribution in [0.3, 0.4) is 0 Å². The molecule has 0 unspecified atom stereocenters. The van der Waals surface area contributed by atoms with Crippen molar-refractivity contribution in [2.75, 3.05) is 10.5 Å². The molecule has 0 aliphatic rings. The molecule has 6 heteroatoms. The molecule has 0 heterocycles. The minimum absolute atomic E-state index is 0.339. The molecule has 0 atom stereocenters. The van der Waals surface area contributed by atoms with Crippen LogP contribution in [0, 0.1) is 19.7 Å². The molecule has 0 saturated heterocycles. The lowest BCUT2D eigenvalue weighted by Gasteiger charge is -2.12. The molecule has 20 heavy (non-hydrogen) atoms. The SMILES string of the molecule is Cc1ccc(F)c(S(=O)(=O)Nc2cc(N)ccc2C)c1. The van der Waals surface area contributed by atoms with E-state index in [0.29, 0.717) is 22.5 Å². The Balaban J connectivity index is 2.46. The minimum atomic E-state index is -3.99. The molecule has 0 aliphatic carbocycles. The summed E-state index contributed by atoms with van der Waals surface area (Å²) in [4.78, 5) is -0.376. The molecule has 0 radical (unpaired) electrons.